The normalized spacial score (nSPS) is 14.5. The van der Waals surface area contributed by atoms with E-state index in [1.807, 2.05) is 60.7 Å². The Bertz CT molecular complexity index is 1670. The van der Waals surface area contributed by atoms with Crippen LogP contribution in [-0.4, -0.2) is 41.3 Å². The van der Waals surface area contributed by atoms with Gasteiger partial charge in [0.1, 0.15) is 11.5 Å². The summed E-state index contributed by atoms with van der Waals surface area (Å²) in [6.07, 6.45) is 3.28. The van der Waals surface area contributed by atoms with Gasteiger partial charge in [-0.15, -0.1) is 5.10 Å². The molecule has 1 amide bonds. The number of aromatic nitrogens is 5. The Morgan fingerprint density at radius 2 is 1.65 bits per heavy atom. The van der Waals surface area contributed by atoms with Crippen molar-refractivity contribution in [1.82, 2.24) is 29.9 Å². The molecule has 2 aromatic carbocycles. The van der Waals surface area contributed by atoms with Crippen LogP contribution in [0.1, 0.15) is 45.6 Å². The Morgan fingerprint density at radius 3 is 2.25 bits per heavy atom. The molecule has 0 atom stereocenters. The predicted octanol–water partition coefficient (Wildman–Crippen LogP) is 6.38. The molecule has 6 rings (SSSR count). The molecular weight excluding hydrogens is 502 g/mol. The van der Waals surface area contributed by atoms with Gasteiger partial charge < -0.3 is 15.7 Å². The third-order valence-corrected chi connectivity index (χ3v) is 7.20. The average Bonchev–Trinajstić information content (AvgIpc) is 3.35. The Balaban J connectivity index is 1.57. The molecule has 0 aliphatic heterocycles. The molecule has 1 fully saturated rings. The second-order valence-corrected chi connectivity index (χ2v) is 11.2. The van der Waals surface area contributed by atoms with Crippen molar-refractivity contribution in [2.45, 2.75) is 51.1 Å². The molecule has 1 saturated carbocycles. The van der Waals surface area contributed by atoms with Crippen molar-refractivity contribution in [1.29, 1.82) is 0 Å². The summed E-state index contributed by atoms with van der Waals surface area (Å²) in [4.78, 5) is 25.8. The van der Waals surface area contributed by atoms with Crippen LogP contribution in [-0.2, 0) is 5.54 Å². The van der Waals surface area contributed by atoms with Crippen LogP contribution in [0.5, 0.6) is 0 Å². The van der Waals surface area contributed by atoms with Gasteiger partial charge in [0, 0.05) is 17.3 Å². The van der Waals surface area contributed by atoms with Gasteiger partial charge >= 0.3 is 6.09 Å². The number of carboxylic acid groups (broad SMARTS) is 1. The average molecular weight is 534 g/mol. The Labute approximate surface area is 232 Å². The summed E-state index contributed by atoms with van der Waals surface area (Å²) in [5.74, 6) is 1.72. The Morgan fingerprint density at radius 1 is 0.925 bits per heavy atom. The molecular formula is C31H31N7O2. The summed E-state index contributed by atoms with van der Waals surface area (Å²) < 4.78 is 1.76. The van der Waals surface area contributed by atoms with Crippen LogP contribution in [0.25, 0.3) is 39.7 Å². The highest BCUT2D eigenvalue weighted by molar-refractivity contribution is 5.90. The van der Waals surface area contributed by atoms with Crippen LogP contribution in [0.15, 0.2) is 79.0 Å². The molecule has 3 N–H and O–H groups in total. The number of rotatable bonds is 6. The van der Waals surface area contributed by atoms with E-state index in [-0.39, 0.29) is 5.54 Å². The van der Waals surface area contributed by atoms with E-state index in [0.717, 1.165) is 53.0 Å². The SMILES string of the molecule is CC(C)(C)Nc1c(-c2ccccc2)c(-c2ccc(C3(NC(=O)O)CCC3)cc2)nc2nc(-c3ccccn3)nn12. The third kappa shape index (κ3) is 4.75. The van der Waals surface area contributed by atoms with E-state index in [9.17, 15) is 9.90 Å². The fraction of sp³-hybridized carbons (Fsp3) is 0.258. The van der Waals surface area contributed by atoms with Crippen molar-refractivity contribution in [3.05, 3.63) is 84.6 Å². The largest absolute Gasteiger partial charge is 0.465 e. The van der Waals surface area contributed by atoms with Gasteiger partial charge in [-0.25, -0.2) is 9.78 Å². The minimum atomic E-state index is -1.00. The van der Waals surface area contributed by atoms with E-state index in [4.69, 9.17) is 15.1 Å². The first-order valence-electron chi connectivity index (χ1n) is 13.4. The maximum Gasteiger partial charge on any atom is 0.405 e. The second kappa shape index (κ2) is 9.75. The number of anilines is 1. The number of benzene rings is 2. The Kier molecular flexibility index (Phi) is 6.21. The van der Waals surface area contributed by atoms with Crippen LogP contribution in [0.2, 0.25) is 0 Å². The summed E-state index contributed by atoms with van der Waals surface area (Å²) >= 11 is 0. The lowest BCUT2D eigenvalue weighted by Gasteiger charge is -2.42. The standard InChI is InChI=1S/C31H31N7O2/c1-30(2,3)35-27-24(20-10-5-4-6-11-20)25(33-28-34-26(37-38(27)28)23-12-7-8-19-32-23)21-13-15-22(16-14-21)31(17-9-18-31)36-29(39)40/h4-8,10-16,19,35-36H,9,17-18H2,1-3H3,(H,39,40). The van der Waals surface area contributed by atoms with Crippen LogP contribution in [0.3, 0.4) is 0 Å². The monoisotopic (exact) mass is 533 g/mol. The van der Waals surface area contributed by atoms with Gasteiger partial charge in [-0.1, -0.05) is 60.7 Å². The van der Waals surface area contributed by atoms with E-state index in [1.165, 1.54) is 0 Å². The molecule has 1 aliphatic carbocycles. The minimum absolute atomic E-state index is 0.283. The number of amides is 1. The van der Waals surface area contributed by atoms with Crippen molar-refractivity contribution in [2.75, 3.05) is 5.32 Å². The number of hydrogen-bond donors (Lipinski definition) is 3. The predicted molar refractivity (Wildman–Crippen MR) is 155 cm³/mol. The molecule has 202 valence electrons. The van der Waals surface area contributed by atoms with E-state index >= 15 is 0 Å². The fourth-order valence-electron chi connectivity index (χ4n) is 5.23. The highest BCUT2D eigenvalue weighted by atomic mass is 16.4. The molecule has 3 aromatic heterocycles. The first-order valence-corrected chi connectivity index (χ1v) is 13.4. The molecule has 3 heterocycles. The van der Waals surface area contributed by atoms with E-state index < -0.39 is 11.6 Å². The van der Waals surface area contributed by atoms with Crippen LogP contribution >= 0.6 is 0 Å². The summed E-state index contributed by atoms with van der Waals surface area (Å²) in [6.45, 7) is 6.31. The number of nitrogens with one attached hydrogen (secondary N) is 2. The quantitative estimate of drug-likeness (QED) is 0.232. The fourth-order valence-corrected chi connectivity index (χ4v) is 5.23. The first kappa shape index (κ1) is 25.5. The molecule has 0 radical (unpaired) electrons. The maximum atomic E-state index is 11.5. The lowest BCUT2D eigenvalue weighted by molar-refractivity contribution is 0.144. The third-order valence-electron chi connectivity index (χ3n) is 7.20. The van der Waals surface area contributed by atoms with Gasteiger partial charge in [-0.2, -0.15) is 9.50 Å². The van der Waals surface area contributed by atoms with Crippen molar-refractivity contribution >= 4 is 17.7 Å². The number of fused-ring (bicyclic) bond motifs is 1. The summed E-state index contributed by atoms with van der Waals surface area (Å²) in [7, 11) is 0. The zero-order valence-corrected chi connectivity index (χ0v) is 22.7. The minimum Gasteiger partial charge on any atom is -0.465 e. The van der Waals surface area contributed by atoms with Crippen molar-refractivity contribution in [2.24, 2.45) is 0 Å². The van der Waals surface area contributed by atoms with E-state index in [0.29, 0.717) is 17.3 Å². The summed E-state index contributed by atoms with van der Waals surface area (Å²) in [5.41, 5.74) is 4.35. The first-order chi connectivity index (χ1) is 19.2. The number of hydrogen-bond acceptors (Lipinski definition) is 6. The molecule has 0 bridgehead atoms. The molecule has 0 spiro atoms. The molecule has 0 unspecified atom stereocenters. The number of carbonyl (C=O) groups is 1. The number of pyridine rings is 1. The smallest absolute Gasteiger partial charge is 0.405 e. The molecule has 5 aromatic rings. The molecule has 1 aliphatic rings. The zero-order chi connectivity index (χ0) is 27.9. The van der Waals surface area contributed by atoms with Crippen LogP contribution < -0.4 is 10.6 Å². The topological polar surface area (TPSA) is 117 Å². The van der Waals surface area contributed by atoms with E-state index in [2.05, 4.69) is 48.5 Å². The highest BCUT2D eigenvalue weighted by Crippen LogP contribution is 2.43. The van der Waals surface area contributed by atoms with Gasteiger partial charge in [0.2, 0.25) is 5.82 Å². The van der Waals surface area contributed by atoms with Crippen molar-refractivity contribution in [3.63, 3.8) is 0 Å². The van der Waals surface area contributed by atoms with Crippen molar-refractivity contribution < 1.29 is 9.90 Å². The lowest BCUT2D eigenvalue weighted by atomic mass is 9.71. The molecule has 40 heavy (non-hydrogen) atoms. The van der Waals surface area contributed by atoms with Gasteiger partial charge in [-0.05, 0) is 63.3 Å². The molecule has 0 saturated heterocycles. The maximum absolute atomic E-state index is 11.5. The van der Waals surface area contributed by atoms with Gasteiger partial charge in [0.15, 0.2) is 0 Å². The van der Waals surface area contributed by atoms with Crippen LogP contribution in [0, 0.1) is 0 Å². The Hall–Kier alpha value is -4.79. The summed E-state index contributed by atoms with van der Waals surface area (Å²) in [6, 6.07) is 23.8. The van der Waals surface area contributed by atoms with Crippen molar-refractivity contribution in [3.8, 4) is 33.9 Å². The second-order valence-electron chi connectivity index (χ2n) is 11.2. The van der Waals surface area contributed by atoms with Gasteiger partial charge in [-0.3, -0.25) is 4.98 Å². The van der Waals surface area contributed by atoms with Gasteiger partial charge in [0.05, 0.1) is 16.8 Å². The van der Waals surface area contributed by atoms with Crippen LogP contribution in [0.4, 0.5) is 10.6 Å². The molecule has 9 heteroatoms. The summed E-state index contributed by atoms with van der Waals surface area (Å²) in [5, 5.41) is 20.7. The van der Waals surface area contributed by atoms with Gasteiger partial charge in [0.25, 0.3) is 5.78 Å². The molecule has 9 nitrogen and oxygen atoms in total. The van der Waals surface area contributed by atoms with E-state index in [1.54, 1.807) is 10.7 Å². The number of nitrogens with zero attached hydrogens (tertiary/aromatic N) is 5. The highest BCUT2D eigenvalue weighted by Gasteiger charge is 2.40. The lowest BCUT2D eigenvalue weighted by Crippen LogP contribution is -2.50. The zero-order valence-electron chi connectivity index (χ0n) is 22.7.